The van der Waals surface area contributed by atoms with Crippen molar-refractivity contribution in [2.24, 2.45) is 35.5 Å². The summed E-state index contributed by atoms with van der Waals surface area (Å²) in [5.41, 5.74) is 0.671. The number of rotatable bonds is 6. The van der Waals surface area contributed by atoms with Gasteiger partial charge in [-0.3, -0.25) is 24.1 Å². The number of phenols is 1. The molecule has 3 aliphatic carbocycles. The highest BCUT2D eigenvalue weighted by Gasteiger charge is 2.59. The zero-order valence-electron chi connectivity index (χ0n) is 19.5. The minimum absolute atomic E-state index is 0.0553. The van der Waals surface area contributed by atoms with Gasteiger partial charge in [0.2, 0.25) is 23.6 Å². The molecule has 178 valence electrons. The van der Waals surface area contributed by atoms with E-state index in [9.17, 15) is 24.3 Å². The average molecular weight is 463 g/mol. The molecule has 6 atom stereocenters. The van der Waals surface area contributed by atoms with Crippen molar-refractivity contribution in [1.29, 1.82) is 0 Å². The van der Waals surface area contributed by atoms with E-state index in [2.05, 4.69) is 24.3 Å². The molecule has 5 rings (SSSR count). The van der Waals surface area contributed by atoms with Crippen molar-refractivity contribution >= 4 is 29.3 Å². The number of anilines is 1. The van der Waals surface area contributed by atoms with Crippen LogP contribution in [0.3, 0.4) is 0 Å². The number of fused-ring (bicyclic) bond motifs is 5. The highest BCUT2D eigenvalue weighted by molar-refractivity contribution is 6.15. The molecule has 1 saturated carbocycles. The monoisotopic (exact) mass is 462 g/mol. The summed E-state index contributed by atoms with van der Waals surface area (Å²) in [6.45, 7) is 3.15. The third-order valence-corrected chi connectivity index (χ3v) is 7.91. The summed E-state index contributed by atoms with van der Waals surface area (Å²) in [7, 11) is 0. The third-order valence-electron chi connectivity index (χ3n) is 7.91. The van der Waals surface area contributed by atoms with Crippen molar-refractivity contribution in [3.63, 3.8) is 0 Å². The number of allylic oxidation sites excluding steroid dienone is 4. The van der Waals surface area contributed by atoms with Gasteiger partial charge in [-0.15, -0.1) is 0 Å². The summed E-state index contributed by atoms with van der Waals surface area (Å²) in [4.78, 5) is 54.2. The molecule has 1 heterocycles. The van der Waals surface area contributed by atoms with E-state index in [1.807, 2.05) is 0 Å². The van der Waals surface area contributed by atoms with E-state index in [1.54, 1.807) is 19.1 Å². The lowest BCUT2D eigenvalue weighted by Gasteiger charge is -2.26. The van der Waals surface area contributed by atoms with Crippen LogP contribution in [0, 0.1) is 35.5 Å². The van der Waals surface area contributed by atoms with E-state index in [4.69, 9.17) is 0 Å². The van der Waals surface area contributed by atoms with Gasteiger partial charge in [0.05, 0.1) is 24.1 Å². The summed E-state index contributed by atoms with van der Waals surface area (Å²) in [5.74, 6) is -1.74. The Balaban J connectivity index is 1.36. The zero-order valence-corrected chi connectivity index (χ0v) is 19.5. The maximum absolute atomic E-state index is 13.2. The Labute approximate surface area is 199 Å². The Kier molecular flexibility index (Phi) is 5.66. The smallest absolute Gasteiger partial charge is 0.236 e. The SMILES string of the molecule is CC(=O)N(C(=O)C(C)CC1C=CCC1)c1cc(CN2C(=O)C3C4C=CC(C4)C3C2=O)ccc1O. The fraction of sp³-hybridized carbons (Fsp3) is 0.481. The first-order chi connectivity index (χ1) is 16.3. The second kappa shape index (κ2) is 8.53. The number of phenolic OH excluding ortho intramolecular Hbond substituents is 1. The topological polar surface area (TPSA) is 95.0 Å². The quantitative estimate of drug-likeness (QED) is 0.515. The number of hydrogen-bond acceptors (Lipinski definition) is 5. The van der Waals surface area contributed by atoms with Gasteiger partial charge in [0, 0.05) is 12.8 Å². The Bertz CT molecular complexity index is 1090. The van der Waals surface area contributed by atoms with Gasteiger partial charge in [-0.2, -0.15) is 0 Å². The number of nitrogens with zero attached hydrogens (tertiary/aromatic N) is 2. The Morgan fingerprint density at radius 3 is 2.38 bits per heavy atom. The number of imide groups is 2. The normalized spacial score (nSPS) is 29.7. The molecule has 1 aliphatic heterocycles. The molecule has 1 aromatic rings. The number of hydrogen-bond donors (Lipinski definition) is 1. The summed E-state index contributed by atoms with van der Waals surface area (Å²) in [6.07, 6.45) is 11.8. The van der Waals surface area contributed by atoms with Crippen LogP contribution < -0.4 is 4.90 Å². The van der Waals surface area contributed by atoms with Crippen LogP contribution in [0.25, 0.3) is 0 Å². The van der Waals surface area contributed by atoms with E-state index in [0.29, 0.717) is 17.9 Å². The van der Waals surface area contributed by atoms with E-state index >= 15 is 0 Å². The molecule has 2 fully saturated rings. The molecule has 7 heteroatoms. The first-order valence-corrected chi connectivity index (χ1v) is 12.1. The molecule has 1 N–H and O–H groups in total. The van der Waals surface area contributed by atoms with Gasteiger partial charge in [-0.1, -0.05) is 37.3 Å². The van der Waals surface area contributed by atoms with Gasteiger partial charge in [-0.25, -0.2) is 4.90 Å². The van der Waals surface area contributed by atoms with Crippen molar-refractivity contribution in [3.05, 3.63) is 48.1 Å². The number of carbonyl (C=O) groups is 4. The summed E-state index contributed by atoms with van der Waals surface area (Å²) >= 11 is 0. The molecule has 1 aromatic carbocycles. The van der Waals surface area contributed by atoms with E-state index in [-0.39, 0.29) is 59.4 Å². The summed E-state index contributed by atoms with van der Waals surface area (Å²) < 4.78 is 0. The standard InChI is InChI=1S/C27H30N2O5/c1-15(11-17-5-3-4-6-17)25(32)29(16(2)30)21-12-18(7-10-22(21)31)14-28-26(33)23-19-8-9-20(13-19)24(23)27(28)34/h3,5,7-10,12,15,17,19-20,23-24,31H,4,6,11,13-14H2,1-2H3. The molecule has 1 saturated heterocycles. The molecule has 2 bridgehead atoms. The molecular weight excluding hydrogens is 432 g/mol. The van der Waals surface area contributed by atoms with Crippen molar-refractivity contribution in [2.75, 3.05) is 4.90 Å². The predicted molar refractivity (Wildman–Crippen MR) is 125 cm³/mol. The first kappa shape index (κ1) is 22.6. The lowest BCUT2D eigenvalue weighted by Crippen LogP contribution is -2.39. The Hall–Kier alpha value is -3.22. The first-order valence-electron chi connectivity index (χ1n) is 12.1. The van der Waals surface area contributed by atoms with E-state index < -0.39 is 11.8 Å². The minimum atomic E-state index is -0.489. The number of amides is 4. The van der Waals surface area contributed by atoms with Gasteiger partial charge in [0.1, 0.15) is 5.75 Å². The van der Waals surface area contributed by atoms with Crippen LogP contribution in [0.5, 0.6) is 5.75 Å². The van der Waals surface area contributed by atoms with Crippen LogP contribution >= 0.6 is 0 Å². The third kappa shape index (κ3) is 3.67. The molecule has 4 aliphatic rings. The van der Waals surface area contributed by atoms with Crippen molar-refractivity contribution in [1.82, 2.24) is 4.90 Å². The molecule has 0 aromatic heterocycles. The highest BCUT2D eigenvalue weighted by Crippen LogP contribution is 2.52. The largest absolute Gasteiger partial charge is 0.506 e. The Morgan fingerprint density at radius 1 is 1.12 bits per heavy atom. The summed E-state index contributed by atoms with van der Waals surface area (Å²) in [6, 6.07) is 4.57. The fourth-order valence-corrected chi connectivity index (χ4v) is 6.26. The second-order valence-electron chi connectivity index (χ2n) is 10.2. The predicted octanol–water partition coefficient (Wildman–Crippen LogP) is 3.57. The fourth-order valence-electron chi connectivity index (χ4n) is 6.26. The van der Waals surface area contributed by atoms with Crippen LogP contribution in [0.4, 0.5) is 5.69 Å². The molecule has 0 radical (unpaired) electrons. The van der Waals surface area contributed by atoms with Crippen LogP contribution in [0.1, 0.15) is 45.1 Å². The van der Waals surface area contributed by atoms with Crippen LogP contribution in [-0.4, -0.2) is 33.6 Å². The van der Waals surface area contributed by atoms with Gasteiger partial charge < -0.3 is 5.11 Å². The number of likely N-dealkylation sites (tertiary alicyclic amines) is 1. The van der Waals surface area contributed by atoms with E-state index in [0.717, 1.165) is 24.2 Å². The van der Waals surface area contributed by atoms with Crippen LogP contribution in [0.2, 0.25) is 0 Å². The lowest BCUT2D eigenvalue weighted by atomic mass is 9.85. The van der Waals surface area contributed by atoms with Gasteiger partial charge in [0.25, 0.3) is 0 Å². The summed E-state index contributed by atoms with van der Waals surface area (Å²) in [5, 5.41) is 10.5. The van der Waals surface area contributed by atoms with Gasteiger partial charge >= 0.3 is 0 Å². The number of aromatic hydroxyl groups is 1. The van der Waals surface area contributed by atoms with Crippen molar-refractivity contribution in [3.8, 4) is 5.75 Å². The average Bonchev–Trinajstić information content (AvgIpc) is 3.58. The molecule has 7 nitrogen and oxygen atoms in total. The number of benzene rings is 1. The van der Waals surface area contributed by atoms with Crippen LogP contribution in [-0.2, 0) is 25.7 Å². The molecule has 4 amide bonds. The van der Waals surface area contributed by atoms with Crippen LogP contribution in [0.15, 0.2) is 42.5 Å². The van der Waals surface area contributed by atoms with Crippen molar-refractivity contribution in [2.45, 2.75) is 46.1 Å². The molecule has 34 heavy (non-hydrogen) atoms. The maximum atomic E-state index is 13.2. The number of carbonyl (C=O) groups excluding carboxylic acids is 4. The molecule has 6 unspecified atom stereocenters. The minimum Gasteiger partial charge on any atom is -0.506 e. The molecular formula is C27H30N2O5. The second-order valence-corrected chi connectivity index (χ2v) is 10.2. The van der Waals surface area contributed by atoms with Gasteiger partial charge in [0.15, 0.2) is 0 Å². The van der Waals surface area contributed by atoms with Crippen molar-refractivity contribution < 1.29 is 24.3 Å². The van der Waals surface area contributed by atoms with Gasteiger partial charge in [-0.05, 0) is 61.1 Å². The Morgan fingerprint density at radius 2 is 1.79 bits per heavy atom. The van der Waals surface area contributed by atoms with E-state index in [1.165, 1.54) is 17.9 Å². The molecule has 0 spiro atoms. The lowest BCUT2D eigenvalue weighted by molar-refractivity contribution is -0.141. The highest BCUT2D eigenvalue weighted by atomic mass is 16.3. The maximum Gasteiger partial charge on any atom is 0.236 e. The zero-order chi connectivity index (χ0) is 24.1.